The van der Waals surface area contributed by atoms with Crippen molar-refractivity contribution in [3.05, 3.63) is 0 Å². The van der Waals surface area contributed by atoms with E-state index in [4.69, 9.17) is 19.4 Å². The lowest BCUT2D eigenvalue weighted by Crippen LogP contribution is -2.40. The summed E-state index contributed by atoms with van der Waals surface area (Å²) in [4.78, 5) is 8.88. The number of carbonyl (C=O) groups excluding carboxylic acids is 1. The third-order valence-corrected chi connectivity index (χ3v) is 1.37. The molecule has 4 nitrogen and oxygen atoms in total. The number of cyclic esters (lactones) is 1. The van der Waals surface area contributed by atoms with Crippen LogP contribution in [0.25, 0.3) is 0 Å². The summed E-state index contributed by atoms with van der Waals surface area (Å²) in [6.45, 7) is 1.82. The first kappa shape index (κ1) is 7.50. The lowest BCUT2D eigenvalue weighted by Gasteiger charge is -2.19. The van der Waals surface area contributed by atoms with Gasteiger partial charge >= 0.3 is 5.97 Å². The smallest absolute Gasteiger partial charge is 0.393 e. The maximum atomic E-state index is 8.88. The van der Waals surface area contributed by atoms with Gasteiger partial charge in [0.05, 0.1) is 6.61 Å². The molecule has 10 heavy (non-hydrogen) atoms. The molecule has 4 heteroatoms. The van der Waals surface area contributed by atoms with Gasteiger partial charge in [0.15, 0.2) is 0 Å². The zero-order valence-corrected chi connectivity index (χ0v) is 5.78. The maximum absolute atomic E-state index is 8.88. The molecular formula is C6H11O4+. The summed E-state index contributed by atoms with van der Waals surface area (Å²) >= 11 is 0. The fourth-order valence-corrected chi connectivity index (χ4v) is 0.778. The molecule has 1 aliphatic heterocycles. The highest BCUT2D eigenvalue weighted by Gasteiger charge is 2.33. The van der Waals surface area contributed by atoms with Gasteiger partial charge in [0.1, 0.15) is 6.10 Å². The van der Waals surface area contributed by atoms with Crippen molar-refractivity contribution in [1.82, 2.24) is 0 Å². The molecule has 1 heterocycles. The summed E-state index contributed by atoms with van der Waals surface area (Å²) in [5.41, 5.74) is 0. The normalized spacial score (nSPS) is 33.6. The first-order valence-corrected chi connectivity index (χ1v) is 3.19. The predicted octanol–water partition coefficient (Wildman–Crippen LogP) is -0.715. The van der Waals surface area contributed by atoms with Crippen molar-refractivity contribution < 1.29 is 19.4 Å². The van der Waals surface area contributed by atoms with Crippen LogP contribution in [0, 0.1) is 0 Å². The number of ether oxygens (including phenoxy) is 2. The highest BCUT2D eigenvalue weighted by atomic mass is 16.6. The molecule has 2 N–H and O–H groups in total. The molecular weight excluding hydrogens is 136 g/mol. The van der Waals surface area contributed by atoms with E-state index in [2.05, 4.69) is 0 Å². The first-order valence-electron chi connectivity index (χ1n) is 3.19. The summed E-state index contributed by atoms with van der Waals surface area (Å²) < 4.78 is 9.87. The van der Waals surface area contributed by atoms with E-state index in [1.165, 1.54) is 0 Å². The molecule has 0 radical (unpaired) electrons. The van der Waals surface area contributed by atoms with E-state index in [-0.39, 0.29) is 25.3 Å². The van der Waals surface area contributed by atoms with Crippen LogP contribution in [0.1, 0.15) is 6.92 Å². The van der Waals surface area contributed by atoms with E-state index in [0.29, 0.717) is 0 Å². The molecule has 0 saturated carbocycles. The topological polar surface area (TPSA) is 60.1 Å². The predicted molar refractivity (Wildman–Crippen MR) is 34.3 cm³/mol. The highest BCUT2D eigenvalue weighted by molar-refractivity contribution is 5.75. The molecule has 0 aromatic rings. The number of hydrogen-bond donors (Lipinski definition) is 1. The third kappa shape index (κ3) is 1.46. The van der Waals surface area contributed by atoms with E-state index in [1.807, 2.05) is 0 Å². The molecule has 58 valence electrons. The lowest BCUT2D eigenvalue weighted by atomic mass is 10.3. The number of rotatable bonds is 1. The minimum atomic E-state index is -0.425. The van der Waals surface area contributed by atoms with Gasteiger partial charge in [-0.3, -0.25) is 0 Å². The van der Waals surface area contributed by atoms with Gasteiger partial charge in [-0.1, -0.05) is 0 Å². The van der Waals surface area contributed by atoms with Gasteiger partial charge in [0.2, 0.25) is 12.7 Å². The third-order valence-electron chi connectivity index (χ3n) is 1.37. The SMILES string of the molecule is CC1OC(CO)COC1=[OH+]. The molecule has 0 amide bonds. The molecule has 1 fully saturated rings. The maximum Gasteiger partial charge on any atom is 0.512 e. The monoisotopic (exact) mass is 147 g/mol. The highest BCUT2D eigenvalue weighted by Crippen LogP contribution is 2.07. The Bertz CT molecular complexity index is 134. The number of aliphatic hydroxyl groups excluding tert-OH is 1. The lowest BCUT2D eigenvalue weighted by molar-refractivity contribution is -0.0738. The molecule has 0 aromatic carbocycles. The second-order valence-corrected chi connectivity index (χ2v) is 2.23. The van der Waals surface area contributed by atoms with Gasteiger partial charge in [-0.2, -0.15) is 0 Å². The summed E-state index contributed by atoms with van der Waals surface area (Å²) in [5.74, 6) is -0.107. The second kappa shape index (κ2) is 2.98. The van der Waals surface area contributed by atoms with Gasteiger partial charge in [-0.15, -0.1) is 0 Å². The number of aliphatic hydroxyl groups is 1. The van der Waals surface area contributed by atoms with Crippen LogP contribution < -0.4 is 0 Å². The van der Waals surface area contributed by atoms with E-state index in [0.717, 1.165) is 0 Å². The van der Waals surface area contributed by atoms with Crippen LogP contribution in [-0.2, 0) is 9.47 Å². The van der Waals surface area contributed by atoms with Crippen molar-refractivity contribution in [2.24, 2.45) is 0 Å². The molecule has 1 saturated heterocycles. The fraction of sp³-hybridized carbons (Fsp3) is 0.833. The van der Waals surface area contributed by atoms with E-state index in [9.17, 15) is 0 Å². The Balaban J connectivity index is 2.40. The van der Waals surface area contributed by atoms with Gasteiger partial charge in [0.25, 0.3) is 0 Å². The van der Waals surface area contributed by atoms with Crippen molar-refractivity contribution in [1.29, 1.82) is 0 Å². The molecule has 1 rings (SSSR count). The minimum Gasteiger partial charge on any atom is -0.393 e. The van der Waals surface area contributed by atoms with Crippen LogP contribution in [-0.4, -0.2) is 41.3 Å². The average Bonchev–Trinajstić information content (AvgIpc) is 1.95. The Morgan fingerprint density at radius 3 is 3.00 bits per heavy atom. The first-order chi connectivity index (χ1) is 4.74. The molecule has 0 aliphatic carbocycles. The summed E-state index contributed by atoms with van der Waals surface area (Å²) in [7, 11) is 0. The van der Waals surface area contributed by atoms with Crippen LogP contribution in [0.3, 0.4) is 0 Å². The Morgan fingerprint density at radius 1 is 1.80 bits per heavy atom. The fourth-order valence-electron chi connectivity index (χ4n) is 0.778. The summed E-state index contributed by atoms with van der Waals surface area (Å²) in [6, 6.07) is 0. The zero-order valence-electron chi connectivity index (χ0n) is 5.78. The number of esters is 1. The minimum absolute atomic E-state index is 0.0718. The average molecular weight is 147 g/mol. The van der Waals surface area contributed by atoms with Crippen LogP contribution in [0.5, 0.6) is 0 Å². The van der Waals surface area contributed by atoms with Crippen LogP contribution in [0.2, 0.25) is 0 Å². The number of hydrogen-bond acceptors (Lipinski definition) is 3. The molecule has 2 unspecified atom stereocenters. The van der Waals surface area contributed by atoms with Crippen molar-refractivity contribution in [3.63, 3.8) is 0 Å². The quantitative estimate of drug-likeness (QED) is 0.393. The second-order valence-electron chi connectivity index (χ2n) is 2.23. The van der Waals surface area contributed by atoms with Crippen LogP contribution >= 0.6 is 0 Å². The van der Waals surface area contributed by atoms with E-state index in [1.54, 1.807) is 6.92 Å². The van der Waals surface area contributed by atoms with E-state index < -0.39 is 6.10 Å². The Morgan fingerprint density at radius 2 is 2.50 bits per heavy atom. The van der Waals surface area contributed by atoms with Crippen molar-refractivity contribution in [3.8, 4) is 0 Å². The van der Waals surface area contributed by atoms with Crippen molar-refractivity contribution in [2.75, 3.05) is 13.2 Å². The Hall–Kier alpha value is -0.610. The molecule has 1 aliphatic rings. The van der Waals surface area contributed by atoms with Gasteiger partial charge in [-0.25, -0.2) is 0 Å². The zero-order chi connectivity index (χ0) is 7.56. The molecule has 0 aromatic heterocycles. The van der Waals surface area contributed by atoms with Gasteiger partial charge in [-0.05, 0) is 6.92 Å². The van der Waals surface area contributed by atoms with Crippen LogP contribution in [0.4, 0.5) is 0 Å². The molecule has 0 bridgehead atoms. The standard InChI is InChI=1S/C6H10O4/c1-4-6(8)9-3-5(2-7)10-4/h4-5,7H,2-3H2,1H3/p+1. The van der Waals surface area contributed by atoms with Crippen molar-refractivity contribution in [2.45, 2.75) is 19.1 Å². The largest absolute Gasteiger partial charge is 0.512 e. The van der Waals surface area contributed by atoms with Crippen molar-refractivity contribution >= 4 is 5.97 Å². The summed E-state index contributed by atoms with van der Waals surface area (Å²) in [6.07, 6.45) is -0.725. The Kier molecular flexibility index (Phi) is 2.24. The molecule has 2 atom stereocenters. The summed E-state index contributed by atoms with van der Waals surface area (Å²) in [5, 5.41) is 8.60. The molecule has 0 spiro atoms. The van der Waals surface area contributed by atoms with Crippen LogP contribution in [0.15, 0.2) is 0 Å². The Labute approximate surface area is 58.7 Å². The van der Waals surface area contributed by atoms with Gasteiger partial charge < -0.3 is 19.4 Å². The van der Waals surface area contributed by atoms with E-state index >= 15 is 0 Å². The van der Waals surface area contributed by atoms with Gasteiger partial charge in [0, 0.05) is 0 Å².